The van der Waals surface area contributed by atoms with Crippen LogP contribution in [0.5, 0.6) is 11.5 Å². The fourth-order valence-corrected chi connectivity index (χ4v) is 3.26. The molecule has 0 saturated heterocycles. The SMILES string of the molecule is CC(NC1COc2cc(O)ccc2C1)c1ccc(-n2cccn2)cc1.O=C(O)C(F)(F)F. The van der Waals surface area contributed by atoms with E-state index in [0.29, 0.717) is 6.61 Å². The standard InChI is InChI=1S/C20H21N3O2.C2HF3O2/c1-14(15-3-6-18(7-4-15)23-10-2-9-21-23)22-17-11-16-5-8-19(24)12-20(16)25-13-17;3-2(4,5)1(6)7/h2-10,12,14,17,22,24H,11,13H2,1H3;(H,6,7). The maximum Gasteiger partial charge on any atom is 0.490 e. The highest BCUT2D eigenvalue weighted by Gasteiger charge is 2.38. The molecule has 2 aromatic carbocycles. The van der Waals surface area contributed by atoms with Crippen LogP contribution in [-0.4, -0.2) is 44.8 Å². The molecule has 1 aliphatic rings. The molecule has 0 bridgehead atoms. The molecule has 0 spiro atoms. The van der Waals surface area contributed by atoms with E-state index >= 15 is 0 Å². The molecule has 2 unspecified atom stereocenters. The van der Waals surface area contributed by atoms with Gasteiger partial charge in [0.05, 0.1) is 5.69 Å². The third-order valence-corrected chi connectivity index (χ3v) is 4.85. The summed E-state index contributed by atoms with van der Waals surface area (Å²) >= 11 is 0. The predicted molar refractivity (Wildman–Crippen MR) is 110 cm³/mol. The molecular formula is C22H22F3N3O4. The maximum absolute atomic E-state index is 10.6. The van der Waals surface area contributed by atoms with Gasteiger partial charge in [0, 0.05) is 30.5 Å². The van der Waals surface area contributed by atoms with Gasteiger partial charge in [-0.3, -0.25) is 0 Å². The Morgan fingerprint density at radius 2 is 1.94 bits per heavy atom. The van der Waals surface area contributed by atoms with Crippen LogP contribution in [0.4, 0.5) is 13.2 Å². The van der Waals surface area contributed by atoms with Crippen molar-refractivity contribution in [3.8, 4) is 17.2 Å². The van der Waals surface area contributed by atoms with Crippen molar-refractivity contribution in [3.63, 3.8) is 0 Å². The summed E-state index contributed by atoms with van der Waals surface area (Å²) in [5, 5.41) is 24.5. The van der Waals surface area contributed by atoms with Gasteiger partial charge in [0.15, 0.2) is 0 Å². The summed E-state index contributed by atoms with van der Waals surface area (Å²) in [5.41, 5.74) is 3.41. The molecule has 2 atom stereocenters. The van der Waals surface area contributed by atoms with Gasteiger partial charge in [-0.15, -0.1) is 0 Å². The lowest BCUT2D eigenvalue weighted by atomic mass is 10.0. The predicted octanol–water partition coefficient (Wildman–Crippen LogP) is 3.87. The monoisotopic (exact) mass is 449 g/mol. The number of hydrogen-bond acceptors (Lipinski definition) is 5. The number of alkyl halides is 3. The van der Waals surface area contributed by atoms with Crippen LogP contribution in [0, 0.1) is 0 Å². The van der Waals surface area contributed by atoms with Crippen LogP contribution in [0.3, 0.4) is 0 Å². The first-order chi connectivity index (χ1) is 15.1. The van der Waals surface area contributed by atoms with Crippen LogP contribution in [0.1, 0.15) is 24.1 Å². The Morgan fingerprint density at radius 3 is 2.53 bits per heavy atom. The van der Waals surface area contributed by atoms with E-state index in [-0.39, 0.29) is 17.8 Å². The zero-order chi connectivity index (χ0) is 23.3. The highest BCUT2D eigenvalue weighted by atomic mass is 19.4. The summed E-state index contributed by atoms with van der Waals surface area (Å²) in [7, 11) is 0. The number of phenolic OH excluding ortho intramolecular Hbond substituents is 1. The molecule has 0 aliphatic carbocycles. The van der Waals surface area contributed by atoms with E-state index in [4.69, 9.17) is 14.6 Å². The minimum Gasteiger partial charge on any atom is -0.508 e. The normalized spacial score (nSPS) is 16.2. The first-order valence-corrected chi connectivity index (χ1v) is 9.74. The number of ether oxygens (including phenoxy) is 1. The van der Waals surface area contributed by atoms with E-state index in [2.05, 4.69) is 41.6 Å². The van der Waals surface area contributed by atoms with Gasteiger partial charge in [0.2, 0.25) is 0 Å². The minimum atomic E-state index is -5.08. The topological polar surface area (TPSA) is 96.6 Å². The number of phenols is 1. The van der Waals surface area contributed by atoms with Gasteiger partial charge >= 0.3 is 12.1 Å². The number of hydrogen-bond donors (Lipinski definition) is 3. The smallest absolute Gasteiger partial charge is 0.490 e. The third kappa shape index (κ3) is 6.01. The van der Waals surface area contributed by atoms with Crippen molar-refractivity contribution in [2.45, 2.75) is 31.6 Å². The highest BCUT2D eigenvalue weighted by Crippen LogP contribution is 2.29. The molecule has 3 N–H and O–H groups in total. The Hall–Kier alpha value is -3.53. The molecule has 170 valence electrons. The summed E-state index contributed by atoms with van der Waals surface area (Å²) in [6, 6.07) is 16.1. The van der Waals surface area contributed by atoms with E-state index in [0.717, 1.165) is 23.4 Å². The molecule has 0 saturated carbocycles. The number of carboxylic acids is 1. The molecule has 7 nitrogen and oxygen atoms in total. The van der Waals surface area contributed by atoms with Crippen LogP contribution in [-0.2, 0) is 11.2 Å². The number of rotatable bonds is 4. The Balaban J connectivity index is 0.000000360. The average Bonchev–Trinajstić information content (AvgIpc) is 3.29. The Morgan fingerprint density at radius 1 is 1.25 bits per heavy atom. The lowest BCUT2D eigenvalue weighted by Gasteiger charge is -2.29. The first kappa shape index (κ1) is 23.1. The summed E-state index contributed by atoms with van der Waals surface area (Å²) in [5.74, 6) is -1.72. The molecule has 10 heteroatoms. The number of fused-ring (bicyclic) bond motifs is 1. The van der Waals surface area contributed by atoms with Gasteiger partial charge in [-0.05, 0) is 48.7 Å². The fourth-order valence-electron chi connectivity index (χ4n) is 3.26. The van der Waals surface area contributed by atoms with Gasteiger partial charge in [-0.2, -0.15) is 18.3 Å². The molecule has 1 aliphatic heterocycles. The number of aromatic nitrogens is 2. The van der Waals surface area contributed by atoms with Crippen molar-refractivity contribution in [2.75, 3.05) is 6.61 Å². The van der Waals surface area contributed by atoms with E-state index in [1.807, 2.05) is 23.0 Å². The summed E-state index contributed by atoms with van der Waals surface area (Å²) < 4.78 is 39.4. The van der Waals surface area contributed by atoms with Crippen molar-refractivity contribution in [2.24, 2.45) is 0 Å². The van der Waals surface area contributed by atoms with Crippen LogP contribution in [0.15, 0.2) is 60.9 Å². The number of halogens is 3. The first-order valence-electron chi connectivity index (χ1n) is 9.74. The molecule has 3 aromatic rings. The van der Waals surface area contributed by atoms with Crippen molar-refractivity contribution in [1.82, 2.24) is 15.1 Å². The van der Waals surface area contributed by atoms with Crippen LogP contribution in [0.25, 0.3) is 5.69 Å². The zero-order valence-corrected chi connectivity index (χ0v) is 17.1. The van der Waals surface area contributed by atoms with E-state index in [1.54, 1.807) is 18.3 Å². The number of aromatic hydroxyl groups is 1. The molecule has 0 radical (unpaired) electrons. The summed E-state index contributed by atoms with van der Waals surface area (Å²) in [4.78, 5) is 8.90. The number of carbonyl (C=O) groups is 1. The molecule has 0 amide bonds. The van der Waals surface area contributed by atoms with Crippen molar-refractivity contribution in [3.05, 3.63) is 72.1 Å². The molecule has 4 rings (SSSR count). The second kappa shape index (κ2) is 9.73. The van der Waals surface area contributed by atoms with Crippen LogP contribution in [0.2, 0.25) is 0 Å². The van der Waals surface area contributed by atoms with Gasteiger partial charge < -0.3 is 20.3 Å². The Labute approximate surface area is 182 Å². The lowest BCUT2D eigenvalue weighted by molar-refractivity contribution is -0.192. The molecule has 32 heavy (non-hydrogen) atoms. The maximum atomic E-state index is 10.6. The van der Waals surface area contributed by atoms with Gasteiger partial charge in [0.25, 0.3) is 0 Å². The van der Waals surface area contributed by atoms with E-state index in [1.165, 1.54) is 5.56 Å². The Kier molecular flexibility index (Phi) is 7.04. The van der Waals surface area contributed by atoms with Gasteiger partial charge in [0.1, 0.15) is 18.1 Å². The second-order valence-corrected chi connectivity index (χ2v) is 7.24. The van der Waals surface area contributed by atoms with Crippen LogP contribution < -0.4 is 10.1 Å². The molecule has 0 fully saturated rings. The minimum absolute atomic E-state index is 0.221. The van der Waals surface area contributed by atoms with Crippen LogP contribution >= 0.6 is 0 Å². The lowest BCUT2D eigenvalue weighted by Crippen LogP contribution is -2.40. The Bertz CT molecular complexity index is 1040. The van der Waals surface area contributed by atoms with Crippen molar-refractivity contribution >= 4 is 5.97 Å². The van der Waals surface area contributed by atoms with Crippen molar-refractivity contribution in [1.29, 1.82) is 0 Å². The van der Waals surface area contributed by atoms with E-state index in [9.17, 15) is 18.3 Å². The molecular weight excluding hydrogens is 427 g/mol. The third-order valence-electron chi connectivity index (χ3n) is 4.85. The number of aliphatic carboxylic acids is 1. The largest absolute Gasteiger partial charge is 0.508 e. The highest BCUT2D eigenvalue weighted by molar-refractivity contribution is 5.73. The van der Waals surface area contributed by atoms with Crippen molar-refractivity contribution < 1.29 is 32.9 Å². The second-order valence-electron chi connectivity index (χ2n) is 7.24. The fraction of sp³-hybridized carbons (Fsp3) is 0.273. The average molecular weight is 449 g/mol. The number of nitrogens with one attached hydrogen (secondary N) is 1. The quantitative estimate of drug-likeness (QED) is 0.560. The number of nitrogens with zero attached hydrogens (tertiary/aromatic N) is 2. The zero-order valence-electron chi connectivity index (χ0n) is 17.1. The van der Waals surface area contributed by atoms with E-state index < -0.39 is 12.1 Å². The summed E-state index contributed by atoms with van der Waals surface area (Å²) in [6.07, 6.45) is -0.477. The molecule has 2 heterocycles. The molecule has 1 aromatic heterocycles. The number of benzene rings is 2. The van der Waals surface area contributed by atoms with Gasteiger partial charge in [-0.25, -0.2) is 9.48 Å². The van der Waals surface area contributed by atoms with Gasteiger partial charge in [-0.1, -0.05) is 18.2 Å². The summed E-state index contributed by atoms with van der Waals surface area (Å²) in [6.45, 7) is 2.77. The number of carboxylic acid groups (broad SMARTS) is 1.